The van der Waals surface area contributed by atoms with E-state index < -0.39 is 17.7 Å². The molecule has 1 aromatic heterocycles. The number of hydrogen-bond donors (Lipinski definition) is 2. The van der Waals surface area contributed by atoms with Gasteiger partial charge in [-0.25, -0.2) is 0 Å². The molecule has 138 valence electrons. The van der Waals surface area contributed by atoms with Gasteiger partial charge in [0.25, 0.3) is 5.91 Å². The normalized spacial score (nSPS) is 16.0. The Bertz CT molecular complexity index is 902. The van der Waals surface area contributed by atoms with E-state index in [0.29, 0.717) is 17.4 Å². The lowest BCUT2D eigenvalue weighted by molar-refractivity contribution is -0.242. The fourth-order valence-electron chi connectivity index (χ4n) is 2.41. The third-order valence-electron chi connectivity index (χ3n) is 4.15. The van der Waals surface area contributed by atoms with Gasteiger partial charge in [-0.3, -0.25) is 9.59 Å². The second kappa shape index (κ2) is 6.10. The van der Waals surface area contributed by atoms with Crippen molar-refractivity contribution in [2.45, 2.75) is 32.2 Å². The van der Waals surface area contributed by atoms with E-state index >= 15 is 0 Å². The Kier molecular flexibility index (Phi) is 4.32. The highest BCUT2D eigenvalue weighted by atomic mass is 32.1. The Balaban J connectivity index is 1.98. The van der Waals surface area contributed by atoms with Crippen LogP contribution < -0.4 is 10.1 Å². The summed E-state index contributed by atoms with van der Waals surface area (Å²) in [6.45, 7) is 2.12. The van der Waals surface area contributed by atoms with Crippen molar-refractivity contribution < 1.29 is 32.6 Å². The number of amides is 1. The van der Waals surface area contributed by atoms with E-state index in [9.17, 15) is 27.9 Å². The molecule has 0 saturated heterocycles. The first-order chi connectivity index (χ1) is 12.0. The van der Waals surface area contributed by atoms with Gasteiger partial charge in [0.2, 0.25) is 11.4 Å². The van der Waals surface area contributed by atoms with Crippen molar-refractivity contribution in [3.05, 3.63) is 45.1 Å². The Morgan fingerprint density at radius 3 is 2.69 bits per heavy atom. The van der Waals surface area contributed by atoms with E-state index in [2.05, 4.69) is 5.32 Å². The molecule has 1 aliphatic heterocycles. The van der Waals surface area contributed by atoms with Gasteiger partial charge in [0.05, 0.1) is 10.4 Å². The molecule has 3 rings (SSSR count). The Labute approximate surface area is 150 Å². The molecule has 1 unspecified atom stereocenters. The maximum atomic E-state index is 12.8. The van der Waals surface area contributed by atoms with E-state index in [4.69, 9.17) is 4.74 Å². The van der Waals surface area contributed by atoms with Crippen LogP contribution in [0.1, 0.15) is 33.3 Å². The summed E-state index contributed by atoms with van der Waals surface area (Å²) in [5.41, 5.74) is -2.31. The number of hydrogen-bond acceptors (Lipinski definition) is 5. The highest BCUT2D eigenvalue weighted by Gasteiger charge is 2.55. The van der Waals surface area contributed by atoms with Gasteiger partial charge in [0.1, 0.15) is 12.4 Å². The van der Waals surface area contributed by atoms with Gasteiger partial charge in [-0.15, -0.1) is 11.3 Å². The molecule has 2 heterocycles. The number of alkyl halides is 3. The van der Waals surface area contributed by atoms with Crippen molar-refractivity contribution in [3.63, 3.8) is 0 Å². The van der Waals surface area contributed by atoms with E-state index in [1.165, 1.54) is 23.5 Å². The lowest BCUT2D eigenvalue weighted by atomic mass is 10.0. The van der Waals surface area contributed by atoms with Gasteiger partial charge < -0.3 is 15.2 Å². The SMILES string of the molecule is Cc1cc2c(cc1NC(=O)C(C)(O)C(F)(F)F)C(=O)c1sccc1CO2. The van der Waals surface area contributed by atoms with Gasteiger partial charge in [0.15, 0.2) is 0 Å². The summed E-state index contributed by atoms with van der Waals surface area (Å²) in [6.07, 6.45) is -5.14. The smallest absolute Gasteiger partial charge is 0.426 e. The third kappa shape index (κ3) is 2.97. The van der Waals surface area contributed by atoms with Crippen LogP contribution in [0.5, 0.6) is 5.75 Å². The van der Waals surface area contributed by atoms with Crippen molar-refractivity contribution in [2.24, 2.45) is 0 Å². The number of nitrogens with one attached hydrogen (secondary N) is 1. The number of thiophene rings is 1. The minimum absolute atomic E-state index is 0.00442. The predicted molar refractivity (Wildman–Crippen MR) is 88.6 cm³/mol. The van der Waals surface area contributed by atoms with Crippen LogP contribution in [0.25, 0.3) is 0 Å². The number of aliphatic hydroxyl groups is 1. The fourth-order valence-corrected chi connectivity index (χ4v) is 3.28. The number of fused-ring (bicyclic) bond motifs is 2. The summed E-state index contributed by atoms with van der Waals surface area (Å²) >= 11 is 1.24. The van der Waals surface area contributed by atoms with Gasteiger partial charge in [-0.2, -0.15) is 13.2 Å². The number of halogens is 3. The average molecular weight is 385 g/mol. The highest BCUT2D eigenvalue weighted by molar-refractivity contribution is 7.12. The lowest BCUT2D eigenvalue weighted by Crippen LogP contribution is -2.52. The van der Waals surface area contributed by atoms with E-state index in [1.807, 2.05) is 0 Å². The molecule has 1 aliphatic rings. The number of aryl methyl sites for hydroxylation is 1. The van der Waals surface area contributed by atoms with Crippen molar-refractivity contribution in [3.8, 4) is 5.75 Å². The molecule has 1 aromatic carbocycles. The Morgan fingerprint density at radius 1 is 1.35 bits per heavy atom. The molecule has 0 aliphatic carbocycles. The molecule has 0 spiro atoms. The zero-order valence-corrected chi connectivity index (χ0v) is 14.5. The van der Waals surface area contributed by atoms with E-state index in [1.54, 1.807) is 18.4 Å². The molecule has 1 atom stereocenters. The van der Waals surface area contributed by atoms with Crippen LogP contribution in [0.2, 0.25) is 0 Å². The molecule has 2 N–H and O–H groups in total. The molecule has 0 bridgehead atoms. The Hall–Kier alpha value is -2.39. The van der Waals surface area contributed by atoms with Crippen LogP contribution in [0.15, 0.2) is 23.6 Å². The molecule has 26 heavy (non-hydrogen) atoms. The van der Waals surface area contributed by atoms with Crippen LogP contribution in [-0.4, -0.2) is 28.6 Å². The molecule has 9 heteroatoms. The van der Waals surface area contributed by atoms with Crippen LogP contribution in [-0.2, 0) is 11.4 Å². The monoisotopic (exact) mass is 385 g/mol. The number of carbonyl (C=O) groups excluding carboxylic acids is 2. The molecule has 0 saturated carbocycles. The zero-order chi connectivity index (χ0) is 19.3. The summed E-state index contributed by atoms with van der Waals surface area (Å²) < 4.78 is 44.1. The standard InChI is InChI=1S/C17H14F3NO4S/c1-8-5-12-10(13(22)14-9(7-25-12)3-4-26-14)6-11(8)21-15(23)16(2,24)17(18,19)20/h3-6,24H,7H2,1-2H3,(H,21,23). The van der Waals surface area contributed by atoms with Crippen LogP contribution in [0.3, 0.4) is 0 Å². The molecule has 5 nitrogen and oxygen atoms in total. The second-order valence-corrected chi connectivity index (χ2v) is 7.00. The molecule has 0 radical (unpaired) electrons. The quantitative estimate of drug-likeness (QED) is 0.831. The Morgan fingerprint density at radius 2 is 2.04 bits per heavy atom. The topological polar surface area (TPSA) is 75.6 Å². The van der Waals surface area contributed by atoms with Crippen molar-refractivity contribution in [1.82, 2.24) is 0 Å². The van der Waals surface area contributed by atoms with Crippen molar-refractivity contribution in [2.75, 3.05) is 5.32 Å². The van der Waals surface area contributed by atoms with Gasteiger partial charge >= 0.3 is 6.18 Å². The first kappa shape index (κ1) is 18.4. The number of benzene rings is 1. The summed E-state index contributed by atoms with van der Waals surface area (Å²) in [6, 6.07) is 4.51. The van der Waals surface area contributed by atoms with Crippen LogP contribution >= 0.6 is 11.3 Å². The van der Waals surface area contributed by atoms with Crippen LogP contribution in [0, 0.1) is 6.92 Å². The highest BCUT2D eigenvalue weighted by Crippen LogP contribution is 2.36. The average Bonchev–Trinajstić information content (AvgIpc) is 2.97. The van der Waals surface area contributed by atoms with Gasteiger partial charge in [0, 0.05) is 11.3 Å². The van der Waals surface area contributed by atoms with Gasteiger partial charge in [-0.1, -0.05) is 0 Å². The number of carbonyl (C=O) groups is 2. The zero-order valence-electron chi connectivity index (χ0n) is 13.7. The maximum Gasteiger partial charge on any atom is 0.426 e. The van der Waals surface area contributed by atoms with Crippen molar-refractivity contribution in [1.29, 1.82) is 0 Å². The summed E-state index contributed by atoms with van der Waals surface area (Å²) in [7, 11) is 0. The van der Waals surface area contributed by atoms with Crippen molar-refractivity contribution >= 4 is 28.7 Å². The third-order valence-corrected chi connectivity index (χ3v) is 5.11. The largest absolute Gasteiger partial charge is 0.488 e. The van der Waals surface area contributed by atoms with Gasteiger partial charge in [-0.05, 0) is 43.0 Å². The molecule has 0 fully saturated rings. The first-order valence-electron chi connectivity index (χ1n) is 7.51. The van der Waals surface area contributed by atoms with Crippen LogP contribution in [0.4, 0.5) is 18.9 Å². The molecule has 1 amide bonds. The minimum Gasteiger partial charge on any atom is -0.488 e. The maximum absolute atomic E-state index is 12.8. The summed E-state index contributed by atoms with van der Waals surface area (Å²) in [5.74, 6) is -1.68. The number of rotatable bonds is 2. The molecular weight excluding hydrogens is 371 g/mol. The number of anilines is 1. The number of ether oxygens (including phenoxy) is 1. The predicted octanol–water partition coefficient (Wildman–Crippen LogP) is 3.43. The second-order valence-electron chi connectivity index (χ2n) is 6.08. The summed E-state index contributed by atoms with van der Waals surface area (Å²) in [5, 5.41) is 13.3. The minimum atomic E-state index is -5.14. The molecule has 2 aromatic rings. The fraction of sp³-hybridized carbons (Fsp3) is 0.294. The van der Waals surface area contributed by atoms with E-state index in [0.717, 1.165) is 5.56 Å². The summed E-state index contributed by atoms with van der Waals surface area (Å²) in [4.78, 5) is 25.1. The molecular formula is C17H14F3NO4S. The lowest BCUT2D eigenvalue weighted by Gasteiger charge is -2.25. The van der Waals surface area contributed by atoms with E-state index in [-0.39, 0.29) is 29.4 Å². The number of ketones is 1. The first-order valence-corrected chi connectivity index (χ1v) is 8.39.